The van der Waals surface area contributed by atoms with Crippen molar-refractivity contribution >= 4 is 0 Å². The van der Waals surface area contributed by atoms with E-state index in [9.17, 15) is 0 Å². The minimum absolute atomic E-state index is 0.0735. The molecule has 0 saturated carbocycles. The normalized spacial score (nSPS) is 18.5. The number of hydrogen-bond acceptors (Lipinski definition) is 2. The molecule has 0 aliphatic heterocycles. The van der Waals surface area contributed by atoms with Gasteiger partial charge in [-0.3, -0.25) is 0 Å². The molecule has 0 bridgehead atoms. The fraction of sp³-hybridized carbons (Fsp3) is 1.00. The van der Waals surface area contributed by atoms with Gasteiger partial charge in [0, 0.05) is 5.41 Å². The Morgan fingerprint density at radius 3 is 1.45 bits per heavy atom. The molecule has 0 aromatic rings. The Bertz CT molecular complexity index is 124. The first-order chi connectivity index (χ1) is 4.75. The molecule has 0 radical (unpaired) electrons. The van der Waals surface area contributed by atoms with E-state index in [1.54, 1.807) is 0 Å². The minimum atomic E-state index is -1.23. The summed E-state index contributed by atoms with van der Waals surface area (Å²) in [7, 11) is 0. The highest BCUT2D eigenvalue weighted by molar-refractivity contribution is 4.86. The van der Waals surface area contributed by atoms with Crippen LogP contribution in [0, 0.1) is 10.8 Å². The van der Waals surface area contributed by atoms with Crippen LogP contribution in [0.25, 0.3) is 0 Å². The van der Waals surface area contributed by atoms with Gasteiger partial charge in [-0.05, 0) is 11.8 Å². The molecular formula is C9H20O2. The maximum absolute atomic E-state index is 9.16. The van der Waals surface area contributed by atoms with Crippen LogP contribution in [0.4, 0.5) is 0 Å². The summed E-state index contributed by atoms with van der Waals surface area (Å²) in [5.74, 6) is 0. The molecule has 1 unspecified atom stereocenters. The zero-order chi connectivity index (χ0) is 9.28. The fourth-order valence-corrected chi connectivity index (χ4v) is 1.10. The third-order valence-electron chi connectivity index (χ3n) is 3.02. The van der Waals surface area contributed by atoms with Gasteiger partial charge < -0.3 is 10.2 Å². The van der Waals surface area contributed by atoms with E-state index in [-0.39, 0.29) is 5.41 Å². The van der Waals surface area contributed by atoms with Crippen LogP contribution in [0.2, 0.25) is 0 Å². The van der Waals surface area contributed by atoms with E-state index in [0.29, 0.717) is 0 Å². The molecule has 0 amide bonds. The van der Waals surface area contributed by atoms with Gasteiger partial charge >= 0.3 is 0 Å². The predicted octanol–water partition coefficient (Wildman–Crippen LogP) is 1.76. The highest BCUT2D eigenvalue weighted by Crippen LogP contribution is 2.43. The van der Waals surface area contributed by atoms with Crippen molar-refractivity contribution in [2.45, 2.75) is 47.3 Å². The van der Waals surface area contributed by atoms with E-state index < -0.39 is 11.7 Å². The lowest BCUT2D eigenvalue weighted by molar-refractivity contribution is -0.170. The van der Waals surface area contributed by atoms with E-state index >= 15 is 0 Å². The Morgan fingerprint density at radius 1 is 1.09 bits per heavy atom. The molecule has 0 aromatic heterocycles. The van der Waals surface area contributed by atoms with E-state index in [2.05, 4.69) is 0 Å². The Kier molecular flexibility index (Phi) is 3.09. The molecule has 0 aromatic carbocycles. The first-order valence-electron chi connectivity index (χ1n) is 4.12. The number of hydrogen-bond donors (Lipinski definition) is 2. The van der Waals surface area contributed by atoms with Crippen LogP contribution >= 0.6 is 0 Å². The lowest BCUT2D eigenvalue weighted by atomic mass is 9.66. The molecule has 2 N–H and O–H groups in total. The zero-order valence-corrected chi connectivity index (χ0v) is 8.18. The summed E-state index contributed by atoms with van der Waals surface area (Å²) in [6.07, 6.45) is -0.457. The topological polar surface area (TPSA) is 40.5 Å². The van der Waals surface area contributed by atoms with Crippen molar-refractivity contribution in [1.82, 2.24) is 0 Å². The highest BCUT2D eigenvalue weighted by Gasteiger charge is 2.41. The van der Waals surface area contributed by atoms with Crippen molar-refractivity contribution in [3.8, 4) is 0 Å². The third-order valence-corrected chi connectivity index (χ3v) is 3.02. The van der Waals surface area contributed by atoms with E-state index in [4.69, 9.17) is 10.2 Å². The molecule has 0 rings (SSSR count). The summed E-state index contributed by atoms with van der Waals surface area (Å²) in [5, 5.41) is 18.3. The second kappa shape index (κ2) is 3.11. The summed E-state index contributed by atoms with van der Waals surface area (Å²) in [6, 6.07) is 0. The van der Waals surface area contributed by atoms with Gasteiger partial charge in [0.2, 0.25) is 0 Å². The van der Waals surface area contributed by atoms with E-state index in [1.807, 2.05) is 34.6 Å². The average molecular weight is 160 g/mol. The first kappa shape index (κ1) is 10.9. The number of aliphatic hydroxyl groups excluding tert-OH is 1. The van der Waals surface area contributed by atoms with Crippen LogP contribution in [-0.4, -0.2) is 16.5 Å². The minimum Gasteiger partial charge on any atom is -0.368 e. The molecular weight excluding hydrogens is 140 g/mol. The van der Waals surface area contributed by atoms with Crippen LogP contribution < -0.4 is 0 Å². The van der Waals surface area contributed by atoms with Crippen molar-refractivity contribution in [3.63, 3.8) is 0 Å². The van der Waals surface area contributed by atoms with E-state index in [0.717, 1.165) is 6.42 Å². The van der Waals surface area contributed by atoms with Crippen molar-refractivity contribution in [3.05, 3.63) is 0 Å². The van der Waals surface area contributed by atoms with Gasteiger partial charge in [-0.25, -0.2) is 0 Å². The molecule has 0 aliphatic rings. The van der Waals surface area contributed by atoms with Gasteiger partial charge in [-0.2, -0.15) is 0 Å². The van der Waals surface area contributed by atoms with Crippen molar-refractivity contribution in [2.24, 2.45) is 10.8 Å². The van der Waals surface area contributed by atoms with Gasteiger partial charge in [0.25, 0.3) is 0 Å². The van der Waals surface area contributed by atoms with Gasteiger partial charge in [0.05, 0.1) is 0 Å². The quantitative estimate of drug-likeness (QED) is 0.604. The van der Waals surface area contributed by atoms with Crippen molar-refractivity contribution in [1.29, 1.82) is 0 Å². The summed E-state index contributed by atoms with van der Waals surface area (Å²) in [5.41, 5.74) is -0.483. The monoisotopic (exact) mass is 160 g/mol. The molecule has 0 spiro atoms. The van der Waals surface area contributed by atoms with Gasteiger partial charge in [0.15, 0.2) is 6.29 Å². The molecule has 2 nitrogen and oxygen atoms in total. The summed E-state index contributed by atoms with van der Waals surface area (Å²) in [4.78, 5) is 0. The Morgan fingerprint density at radius 2 is 1.45 bits per heavy atom. The SMILES string of the molecule is CCC(C)(C(O)O)C(C)(C)C. The fourth-order valence-electron chi connectivity index (χ4n) is 1.10. The molecule has 0 fully saturated rings. The number of aliphatic hydroxyl groups is 2. The standard InChI is InChI=1S/C9H20O2/c1-6-9(5,7(10)11)8(2,3)4/h7,10-11H,6H2,1-5H3. The summed E-state index contributed by atoms with van der Waals surface area (Å²) in [6.45, 7) is 9.95. The van der Waals surface area contributed by atoms with Crippen LogP contribution in [0.15, 0.2) is 0 Å². The first-order valence-corrected chi connectivity index (χ1v) is 4.12. The Balaban J connectivity index is 4.61. The predicted molar refractivity (Wildman–Crippen MR) is 46.1 cm³/mol. The second-order valence-electron chi connectivity index (χ2n) is 4.39. The third kappa shape index (κ3) is 1.94. The molecule has 0 heterocycles. The smallest absolute Gasteiger partial charge is 0.157 e. The zero-order valence-electron chi connectivity index (χ0n) is 8.18. The summed E-state index contributed by atoms with van der Waals surface area (Å²) < 4.78 is 0. The van der Waals surface area contributed by atoms with Gasteiger partial charge in [-0.15, -0.1) is 0 Å². The molecule has 1 atom stereocenters. The van der Waals surface area contributed by atoms with E-state index in [1.165, 1.54) is 0 Å². The molecule has 2 heteroatoms. The average Bonchev–Trinajstić information content (AvgIpc) is 1.83. The lowest BCUT2D eigenvalue weighted by Gasteiger charge is -2.42. The largest absolute Gasteiger partial charge is 0.368 e. The van der Waals surface area contributed by atoms with Crippen LogP contribution in [0.3, 0.4) is 0 Å². The van der Waals surface area contributed by atoms with Gasteiger partial charge in [0.1, 0.15) is 0 Å². The molecule has 11 heavy (non-hydrogen) atoms. The second-order valence-corrected chi connectivity index (χ2v) is 4.39. The number of rotatable bonds is 2. The Labute approximate surface area is 69.2 Å². The van der Waals surface area contributed by atoms with Crippen molar-refractivity contribution in [2.75, 3.05) is 0 Å². The van der Waals surface area contributed by atoms with Crippen LogP contribution in [0.5, 0.6) is 0 Å². The van der Waals surface area contributed by atoms with Crippen LogP contribution in [0.1, 0.15) is 41.0 Å². The maximum atomic E-state index is 9.16. The molecule has 0 saturated heterocycles. The maximum Gasteiger partial charge on any atom is 0.157 e. The summed E-state index contributed by atoms with van der Waals surface area (Å²) >= 11 is 0. The van der Waals surface area contributed by atoms with Crippen LogP contribution in [-0.2, 0) is 0 Å². The molecule has 68 valence electrons. The molecule has 0 aliphatic carbocycles. The lowest BCUT2D eigenvalue weighted by Crippen LogP contribution is -2.42. The van der Waals surface area contributed by atoms with Gasteiger partial charge in [-0.1, -0.05) is 34.6 Å². The van der Waals surface area contributed by atoms with Crippen molar-refractivity contribution < 1.29 is 10.2 Å². The Hall–Kier alpha value is -0.0800. The highest BCUT2D eigenvalue weighted by atomic mass is 16.5.